The van der Waals surface area contributed by atoms with Gasteiger partial charge in [-0.05, 0) is 24.0 Å². The van der Waals surface area contributed by atoms with Crippen molar-refractivity contribution in [2.24, 2.45) is 7.05 Å². The Hall–Kier alpha value is -1.49. The fraction of sp³-hybridized carbons (Fsp3) is 0.529. The summed E-state index contributed by atoms with van der Waals surface area (Å²) in [7, 11) is 1.82. The van der Waals surface area contributed by atoms with Crippen LogP contribution in [-0.4, -0.2) is 22.1 Å². The Morgan fingerprint density at radius 2 is 1.95 bits per heavy atom. The van der Waals surface area contributed by atoms with Crippen molar-refractivity contribution in [1.82, 2.24) is 9.88 Å². The molecule has 122 valence electrons. The van der Waals surface area contributed by atoms with Crippen molar-refractivity contribution in [3.63, 3.8) is 0 Å². The number of nitrogens with one attached hydrogen (secondary N) is 1. The second kappa shape index (κ2) is 11.1. The number of rotatable bonds is 10. The Morgan fingerprint density at radius 3 is 2.64 bits per heavy atom. The standard InChI is InChI=1S/C17H26N2O2S/c1-3-4-5-6-7-8-12-18-16(20)11-14-22-17(21)15-10-9-13-19(15)2/h9-11,13-14H,3-8,12H2,1-2H3,(H,18,20). The summed E-state index contributed by atoms with van der Waals surface area (Å²) in [6, 6.07) is 3.59. The van der Waals surface area contributed by atoms with Gasteiger partial charge in [-0.1, -0.05) is 50.8 Å². The molecule has 0 radical (unpaired) electrons. The van der Waals surface area contributed by atoms with E-state index in [-0.39, 0.29) is 11.0 Å². The molecule has 0 aliphatic heterocycles. The van der Waals surface area contributed by atoms with Crippen molar-refractivity contribution in [3.8, 4) is 0 Å². The number of nitrogens with zero attached hydrogens (tertiary/aromatic N) is 1. The Labute approximate surface area is 137 Å². The molecular weight excluding hydrogens is 296 g/mol. The van der Waals surface area contributed by atoms with Gasteiger partial charge >= 0.3 is 0 Å². The summed E-state index contributed by atoms with van der Waals surface area (Å²) < 4.78 is 1.77. The van der Waals surface area contributed by atoms with Crippen LogP contribution in [0.5, 0.6) is 0 Å². The number of thioether (sulfide) groups is 1. The number of unbranched alkanes of at least 4 members (excludes halogenated alkanes) is 5. The van der Waals surface area contributed by atoms with Crippen molar-refractivity contribution in [3.05, 3.63) is 35.5 Å². The molecule has 5 heteroatoms. The van der Waals surface area contributed by atoms with E-state index in [1.165, 1.54) is 31.8 Å². The average Bonchev–Trinajstić information content (AvgIpc) is 2.92. The van der Waals surface area contributed by atoms with E-state index >= 15 is 0 Å². The first-order valence-corrected chi connectivity index (χ1v) is 8.79. The zero-order valence-electron chi connectivity index (χ0n) is 13.5. The predicted octanol–water partition coefficient (Wildman–Crippen LogP) is 3.89. The fourth-order valence-electron chi connectivity index (χ4n) is 2.07. The lowest BCUT2D eigenvalue weighted by Gasteiger charge is -2.02. The molecule has 1 heterocycles. The molecule has 0 atom stereocenters. The van der Waals surface area contributed by atoms with Crippen molar-refractivity contribution in [1.29, 1.82) is 0 Å². The molecule has 0 spiro atoms. The van der Waals surface area contributed by atoms with Crippen LogP contribution in [0.2, 0.25) is 0 Å². The van der Waals surface area contributed by atoms with Gasteiger partial charge in [0, 0.05) is 25.9 Å². The lowest BCUT2D eigenvalue weighted by molar-refractivity contribution is -0.116. The normalized spacial score (nSPS) is 11.0. The Bertz CT molecular complexity index is 495. The molecule has 1 rings (SSSR count). The molecule has 0 fully saturated rings. The van der Waals surface area contributed by atoms with E-state index in [1.54, 1.807) is 16.0 Å². The van der Waals surface area contributed by atoms with Gasteiger partial charge in [0.2, 0.25) is 11.0 Å². The summed E-state index contributed by atoms with van der Waals surface area (Å²) in [5.74, 6) is -0.138. The second-order valence-corrected chi connectivity index (χ2v) is 6.15. The smallest absolute Gasteiger partial charge is 0.244 e. The van der Waals surface area contributed by atoms with Crippen molar-refractivity contribution >= 4 is 22.8 Å². The van der Waals surface area contributed by atoms with Gasteiger partial charge in [-0.3, -0.25) is 9.59 Å². The van der Waals surface area contributed by atoms with Crippen LogP contribution in [0.1, 0.15) is 55.9 Å². The highest BCUT2D eigenvalue weighted by molar-refractivity contribution is 8.16. The Balaban J connectivity index is 2.12. The number of carbonyl (C=O) groups is 2. The first-order chi connectivity index (χ1) is 10.6. The van der Waals surface area contributed by atoms with Gasteiger partial charge in [-0.25, -0.2) is 0 Å². The topological polar surface area (TPSA) is 51.1 Å². The number of aryl methyl sites for hydroxylation is 1. The quantitative estimate of drug-likeness (QED) is 0.525. The van der Waals surface area contributed by atoms with Crippen LogP contribution >= 0.6 is 11.8 Å². The molecule has 0 saturated carbocycles. The fourth-order valence-corrected chi connectivity index (χ4v) is 2.72. The van der Waals surface area contributed by atoms with E-state index < -0.39 is 0 Å². The van der Waals surface area contributed by atoms with Gasteiger partial charge in [0.15, 0.2) is 0 Å². The molecule has 1 N–H and O–H groups in total. The van der Waals surface area contributed by atoms with Crippen molar-refractivity contribution in [2.75, 3.05) is 6.54 Å². The lowest BCUT2D eigenvalue weighted by Crippen LogP contribution is -2.21. The van der Waals surface area contributed by atoms with Crippen LogP contribution in [0.4, 0.5) is 0 Å². The third-order valence-corrected chi connectivity index (χ3v) is 4.07. The van der Waals surface area contributed by atoms with Gasteiger partial charge in [0.1, 0.15) is 0 Å². The van der Waals surface area contributed by atoms with E-state index in [9.17, 15) is 9.59 Å². The third kappa shape index (κ3) is 7.50. The first kappa shape index (κ1) is 18.6. The summed E-state index contributed by atoms with van der Waals surface area (Å²) in [6.45, 7) is 2.90. The maximum absolute atomic E-state index is 11.9. The van der Waals surface area contributed by atoms with E-state index in [0.29, 0.717) is 12.2 Å². The van der Waals surface area contributed by atoms with Gasteiger partial charge in [0.25, 0.3) is 0 Å². The third-order valence-electron chi connectivity index (χ3n) is 3.38. The molecule has 0 aliphatic rings. The van der Waals surface area contributed by atoms with Crippen LogP contribution < -0.4 is 5.32 Å². The van der Waals surface area contributed by atoms with E-state index in [0.717, 1.165) is 24.6 Å². The van der Waals surface area contributed by atoms with Crippen molar-refractivity contribution < 1.29 is 9.59 Å². The zero-order valence-corrected chi connectivity index (χ0v) is 14.3. The molecule has 1 aromatic heterocycles. The zero-order chi connectivity index (χ0) is 16.2. The maximum Gasteiger partial charge on any atom is 0.244 e. The summed E-state index contributed by atoms with van der Waals surface area (Å²) in [5, 5.41) is 4.32. The Morgan fingerprint density at radius 1 is 1.23 bits per heavy atom. The highest BCUT2D eigenvalue weighted by Gasteiger charge is 2.07. The molecule has 0 bridgehead atoms. The molecular formula is C17H26N2O2S. The van der Waals surface area contributed by atoms with Gasteiger partial charge < -0.3 is 9.88 Å². The lowest BCUT2D eigenvalue weighted by atomic mass is 10.1. The summed E-state index contributed by atoms with van der Waals surface area (Å²) >= 11 is 1.03. The number of hydrogen-bond donors (Lipinski definition) is 1. The molecule has 4 nitrogen and oxygen atoms in total. The van der Waals surface area contributed by atoms with E-state index in [4.69, 9.17) is 0 Å². The number of hydrogen-bond acceptors (Lipinski definition) is 3. The molecule has 0 aliphatic carbocycles. The summed E-state index contributed by atoms with van der Waals surface area (Å²) in [4.78, 5) is 23.4. The van der Waals surface area contributed by atoms with Crippen LogP contribution in [0.3, 0.4) is 0 Å². The molecule has 1 aromatic rings. The molecule has 1 amide bonds. The second-order valence-electron chi connectivity index (χ2n) is 5.27. The summed E-state index contributed by atoms with van der Waals surface area (Å²) in [6.07, 6.45) is 10.5. The molecule has 0 unspecified atom stereocenters. The minimum absolute atomic E-state index is 0.0625. The van der Waals surface area contributed by atoms with Gasteiger partial charge in [0.05, 0.1) is 5.69 Å². The largest absolute Gasteiger partial charge is 0.353 e. The highest BCUT2D eigenvalue weighted by atomic mass is 32.2. The van der Waals surface area contributed by atoms with E-state index in [1.807, 2.05) is 19.3 Å². The van der Waals surface area contributed by atoms with Gasteiger partial charge in [-0.2, -0.15) is 0 Å². The average molecular weight is 322 g/mol. The monoisotopic (exact) mass is 322 g/mol. The molecule has 0 saturated heterocycles. The number of amides is 1. The number of aromatic nitrogens is 1. The summed E-state index contributed by atoms with van der Waals surface area (Å²) in [5.41, 5.74) is 0.627. The van der Waals surface area contributed by atoms with Crippen LogP contribution in [0, 0.1) is 0 Å². The maximum atomic E-state index is 11.9. The predicted molar refractivity (Wildman–Crippen MR) is 92.9 cm³/mol. The number of carbonyl (C=O) groups excluding carboxylic acids is 2. The van der Waals surface area contributed by atoms with Crippen LogP contribution in [-0.2, 0) is 11.8 Å². The minimum atomic E-state index is -0.138. The molecule has 0 aromatic carbocycles. The van der Waals surface area contributed by atoms with E-state index in [2.05, 4.69) is 12.2 Å². The van der Waals surface area contributed by atoms with Crippen molar-refractivity contribution in [2.45, 2.75) is 45.4 Å². The van der Waals surface area contributed by atoms with Crippen LogP contribution in [0.25, 0.3) is 0 Å². The minimum Gasteiger partial charge on any atom is -0.353 e. The highest BCUT2D eigenvalue weighted by Crippen LogP contribution is 2.13. The first-order valence-electron chi connectivity index (χ1n) is 7.92. The Kier molecular flexibility index (Phi) is 9.39. The van der Waals surface area contributed by atoms with Crippen LogP contribution in [0.15, 0.2) is 29.8 Å². The molecule has 22 heavy (non-hydrogen) atoms. The van der Waals surface area contributed by atoms with Gasteiger partial charge in [-0.15, -0.1) is 0 Å². The SMILES string of the molecule is CCCCCCCCNC(=O)C=CSC(=O)c1cccn1C.